The van der Waals surface area contributed by atoms with Crippen molar-refractivity contribution in [1.29, 1.82) is 0 Å². The van der Waals surface area contributed by atoms with E-state index in [9.17, 15) is 4.79 Å². The summed E-state index contributed by atoms with van der Waals surface area (Å²) >= 11 is 0. The average molecular weight is 628 g/mol. The van der Waals surface area contributed by atoms with Crippen LogP contribution in [0, 0.1) is 0 Å². The maximum atomic E-state index is 12.8. The molecule has 0 saturated heterocycles. The zero-order valence-electron chi connectivity index (χ0n) is 26.8. The van der Waals surface area contributed by atoms with E-state index in [-0.39, 0.29) is 12.0 Å². The topological polar surface area (TPSA) is 57.2 Å². The third-order valence-electron chi connectivity index (χ3n) is 8.68. The molecule has 0 atom stereocenters. The van der Waals surface area contributed by atoms with E-state index < -0.39 is 5.60 Å². The highest BCUT2D eigenvalue weighted by Gasteiger charge is 2.37. The van der Waals surface area contributed by atoms with Crippen LogP contribution in [-0.2, 0) is 24.5 Å². The van der Waals surface area contributed by atoms with Gasteiger partial charge in [-0.05, 0) is 38.9 Å². The lowest BCUT2D eigenvalue weighted by Gasteiger charge is -2.36. The van der Waals surface area contributed by atoms with E-state index in [1.165, 1.54) is 22.3 Å². The second-order valence-electron chi connectivity index (χ2n) is 11.6. The van der Waals surface area contributed by atoms with Gasteiger partial charge in [-0.3, -0.25) is 0 Å². The van der Waals surface area contributed by atoms with Crippen LogP contribution < -0.4 is 0 Å². The Labute approximate surface area is 277 Å². The molecule has 240 valence electrons. The Hall–Kier alpha value is -4.75. The fraction of sp³-hybridized carbons (Fsp3) is 0.244. The van der Waals surface area contributed by atoms with Crippen molar-refractivity contribution in [3.63, 3.8) is 0 Å². The first-order valence-corrected chi connectivity index (χ1v) is 16.2. The smallest absolute Gasteiger partial charge is 0.409 e. The zero-order valence-corrected chi connectivity index (χ0v) is 26.8. The first-order chi connectivity index (χ1) is 23.2. The Bertz CT molecular complexity index is 1570. The number of benzene rings is 5. The van der Waals surface area contributed by atoms with E-state index in [4.69, 9.17) is 18.9 Å². The quantitative estimate of drug-likeness (QED) is 0.0872. The van der Waals surface area contributed by atoms with Crippen molar-refractivity contribution in [3.8, 4) is 11.1 Å². The molecule has 0 fully saturated rings. The second-order valence-corrected chi connectivity index (χ2v) is 11.6. The number of likely N-dealkylation sites (N-methyl/N-ethyl adjacent to an activating group) is 1. The lowest BCUT2D eigenvalue weighted by atomic mass is 9.80. The molecule has 0 saturated carbocycles. The first kappa shape index (κ1) is 32.2. The molecule has 0 unspecified atom stereocenters. The molecule has 6 rings (SSSR count). The number of hydrogen-bond donors (Lipinski definition) is 0. The number of hydrogen-bond acceptors (Lipinski definition) is 5. The first-order valence-electron chi connectivity index (χ1n) is 16.2. The standard InChI is InChI=1S/C41H41NO5/c1-42(40(43)46-31-39-37-23-13-11-21-35(37)36-22-12-14-24-38(36)39)25-26-44-27-28-45-29-30-47-41(32-15-5-2-6-16-32,33-17-7-3-8-18-33)34-19-9-4-10-20-34/h2-24,39H,25-31H2,1H3. The number of amides is 1. The van der Waals surface area contributed by atoms with Crippen molar-refractivity contribution < 1.29 is 23.7 Å². The lowest BCUT2D eigenvalue weighted by molar-refractivity contribution is -0.0339. The summed E-state index contributed by atoms with van der Waals surface area (Å²) in [6.45, 7) is 2.76. The summed E-state index contributed by atoms with van der Waals surface area (Å²) in [7, 11) is 1.73. The molecule has 1 amide bonds. The molecule has 0 radical (unpaired) electrons. The molecule has 0 aromatic heterocycles. The van der Waals surface area contributed by atoms with Crippen molar-refractivity contribution in [2.24, 2.45) is 0 Å². The SMILES string of the molecule is CN(CCOCCOCCOC(c1ccccc1)(c1ccccc1)c1ccccc1)C(=O)OCC1c2ccccc2-c2ccccc21. The summed E-state index contributed by atoms with van der Waals surface area (Å²) in [4.78, 5) is 14.3. The van der Waals surface area contributed by atoms with Crippen LogP contribution in [-0.4, -0.2) is 64.2 Å². The molecule has 0 N–H and O–H groups in total. The van der Waals surface area contributed by atoms with Crippen molar-refractivity contribution in [2.45, 2.75) is 11.5 Å². The van der Waals surface area contributed by atoms with Gasteiger partial charge >= 0.3 is 6.09 Å². The van der Waals surface area contributed by atoms with Crippen molar-refractivity contribution in [1.82, 2.24) is 4.90 Å². The predicted octanol–water partition coefficient (Wildman–Crippen LogP) is 7.91. The highest BCUT2D eigenvalue weighted by molar-refractivity contribution is 5.79. The van der Waals surface area contributed by atoms with E-state index in [0.717, 1.165) is 16.7 Å². The minimum atomic E-state index is -0.770. The van der Waals surface area contributed by atoms with Gasteiger partial charge in [0.2, 0.25) is 0 Å². The molecule has 6 nitrogen and oxygen atoms in total. The molecular weight excluding hydrogens is 586 g/mol. The van der Waals surface area contributed by atoms with E-state index in [1.807, 2.05) is 78.9 Å². The third kappa shape index (κ3) is 7.31. The fourth-order valence-electron chi connectivity index (χ4n) is 6.34. The van der Waals surface area contributed by atoms with Gasteiger partial charge in [-0.2, -0.15) is 0 Å². The summed E-state index contributed by atoms with van der Waals surface area (Å²) in [5.41, 5.74) is 7.22. The van der Waals surface area contributed by atoms with E-state index in [0.29, 0.717) is 46.2 Å². The van der Waals surface area contributed by atoms with Crippen LogP contribution in [0.2, 0.25) is 0 Å². The van der Waals surface area contributed by atoms with E-state index >= 15 is 0 Å². The van der Waals surface area contributed by atoms with Crippen molar-refractivity contribution >= 4 is 6.09 Å². The predicted molar refractivity (Wildman–Crippen MR) is 184 cm³/mol. The average Bonchev–Trinajstić information content (AvgIpc) is 3.46. The highest BCUT2D eigenvalue weighted by Crippen LogP contribution is 2.44. The van der Waals surface area contributed by atoms with Gasteiger partial charge in [-0.15, -0.1) is 0 Å². The minimum absolute atomic E-state index is 0.0374. The van der Waals surface area contributed by atoms with Gasteiger partial charge in [0.05, 0.1) is 33.0 Å². The largest absolute Gasteiger partial charge is 0.448 e. The van der Waals surface area contributed by atoms with Crippen LogP contribution >= 0.6 is 0 Å². The van der Waals surface area contributed by atoms with Gasteiger partial charge in [-0.1, -0.05) is 140 Å². The van der Waals surface area contributed by atoms with Gasteiger partial charge in [-0.25, -0.2) is 4.79 Å². The molecule has 0 spiro atoms. The summed E-state index contributed by atoms with van der Waals surface area (Å²) in [5.74, 6) is 0.0374. The Morgan fingerprint density at radius 3 is 1.51 bits per heavy atom. The number of carbonyl (C=O) groups excluding carboxylic acids is 1. The minimum Gasteiger partial charge on any atom is -0.448 e. The highest BCUT2D eigenvalue weighted by atomic mass is 16.6. The monoisotopic (exact) mass is 627 g/mol. The van der Waals surface area contributed by atoms with Crippen LogP contribution in [0.4, 0.5) is 4.79 Å². The Morgan fingerprint density at radius 2 is 1.00 bits per heavy atom. The number of rotatable bonds is 15. The molecule has 5 aromatic rings. The molecular formula is C41H41NO5. The van der Waals surface area contributed by atoms with Crippen LogP contribution in [0.5, 0.6) is 0 Å². The Kier molecular flexibility index (Phi) is 10.8. The number of nitrogens with zero attached hydrogens (tertiary/aromatic N) is 1. The maximum absolute atomic E-state index is 12.8. The zero-order chi connectivity index (χ0) is 32.3. The Balaban J connectivity index is 0.936. The molecule has 6 heteroatoms. The van der Waals surface area contributed by atoms with Crippen LogP contribution in [0.3, 0.4) is 0 Å². The molecule has 5 aromatic carbocycles. The van der Waals surface area contributed by atoms with Crippen LogP contribution in [0.25, 0.3) is 11.1 Å². The normalized spacial score (nSPS) is 12.4. The molecule has 0 bridgehead atoms. The molecule has 1 aliphatic carbocycles. The molecule has 0 aliphatic heterocycles. The van der Waals surface area contributed by atoms with Gasteiger partial charge in [0.25, 0.3) is 0 Å². The van der Waals surface area contributed by atoms with E-state index in [2.05, 4.69) is 60.7 Å². The summed E-state index contributed by atoms with van der Waals surface area (Å²) in [6, 6.07) is 47.6. The van der Waals surface area contributed by atoms with Crippen molar-refractivity contribution in [2.75, 3.05) is 53.2 Å². The van der Waals surface area contributed by atoms with Gasteiger partial charge in [0.15, 0.2) is 0 Å². The van der Waals surface area contributed by atoms with Gasteiger partial charge < -0.3 is 23.8 Å². The maximum Gasteiger partial charge on any atom is 0.409 e. The summed E-state index contributed by atoms with van der Waals surface area (Å²) in [5, 5.41) is 0. The van der Waals surface area contributed by atoms with E-state index in [1.54, 1.807) is 11.9 Å². The number of fused-ring (bicyclic) bond motifs is 3. The lowest BCUT2D eigenvalue weighted by Crippen LogP contribution is -2.34. The van der Waals surface area contributed by atoms with Crippen LogP contribution in [0.1, 0.15) is 33.7 Å². The van der Waals surface area contributed by atoms with Gasteiger partial charge in [0, 0.05) is 19.5 Å². The molecule has 0 heterocycles. The van der Waals surface area contributed by atoms with Crippen molar-refractivity contribution in [3.05, 3.63) is 167 Å². The number of ether oxygens (including phenoxy) is 4. The van der Waals surface area contributed by atoms with Gasteiger partial charge in [0.1, 0.15) is 12.2 Å². The molecule has 47 heavy (non-hydrogen) atoms. The summed E-state index contributed by atoms with van der Waals surface area (Å²) in [6.07, 6.45) is -0.359. The third-order valence-corrected chi connectivity index (χ3v) is 8.68. The van der Waals surface area contributed by atoms with Crippen LogP contribution in [0.15, 0.2) is 140 Å². The Morgan fingerprint density at radius 1 is 0.574 bits per heavy atom. The fourth-order valence-corrected chi connectivity index (χ4v) is 6.34. The number of carbonyl (C=O) groups is 1. The molecule has 1 aliphatic rings. The summed E-state index contributed by atoms with van der Waals surface area (Å²) < 4.78 is 24.1. The second kappa shape index (κ2) is 15.7.